The number of nitrogens with zero attached hydrogens (tertiary/aromatic N) is 2. The highest BCUT2D eigenvalue weighted by Crippen LogP contribution is 2.34. The Balaban J connectivity index is 2.00. The van der Waals surface area contributed by atoms with E-state index in [1.165, 1.54) is 16.6 Å². The Morgan fingerprint density at radius 2 is 2.25 bits per heavy atom. The molecule has 3 rings (SSSR count). The lowest BCUT2D eigenvalue weighted by Crippen LogP contribution is -2.51. The molecule has 2 unspecified atom stereocenters. The minimum absolute atomic E-state index is 0.0138. The average Bonchev–Trinajstić information content (AvgIpc) is 2.89. The maximum Gasteiger partial charge on any atom is 0.247 e. The highest BCUT2D eigenvalue weighted by molar-refractivity contribution is 9.10. The van der Waals surface area contributed by atoms with E-state index < -0.39 is 10.0 Å². The van der Waals surface area contributed by atoms with Crippen LogP contribution in [0.3, 0.4) is 0 Å². The summed E-state index contributed by atoms with van der Waals surface area (Å²) in [5.41, 5.74) is 5.75. The highest BCUT2D eigenvalue weighted by Gasteiger charge is 2.42. The molecule has 2 atom stereocenters. The van der Waals surface area contributed by atoms with Gasteiger partial charge in [-0.1, -0.05) is 0 Å². The lowest BCUT2D eigenvalue weighted by Gasteiger charge is -2.36. The fourth-order valence-corrected chi connectivity index (χ4v) is 5.19. The van der Waals surface area contributed by atoms with E-state index in [-0.39, 0.29) is 22.9 Å². The molecule has 0 aromatic carbocycles. The van der Waals surface area contributed by atoms with Gasteiger partial charge in [-0.25, -0.2) is 13.4 Å². The second-order valence-electron chi connectivity index (χ2n) is 5.06. The summed E-state index contributed by atoms with van der Waals surface area (Å²) in [7, 11) is -3.63. The largest absolute Gasteiger partial charge is 0.383 e. The molecule has 1 aliphatic carbocycles. The predicted octanol–water partition coefficient (Wildman–Crippen LogP) is 1.37. The summed E-state index contributed by atoms with van der Waals surface area (Å²) in [5, 5.41) is 0. The molecule has 0 amide bonds. The van der Waals surface area contributed by atoms with Crippen molar-refractivity contribution in [2.24, 2.45) is 0 Å². The number of rotatable bonds is 2. The van der Waals surface area contributed by atoms with Crippen LogP contribution in [-0.4, -0.2) is 43.0 Å². The standard InChI is InChI=1S/C12H16BrN3O3S/c13-8-6-11(12(14)15-7-8)20(17,18)16-4-5-19-10-3-1-2-9(10)16/h6-7,9-10H,1-5H2,(H2,14,15). The normalized spacial score (nSPS) is 27.4. The van der Waals surface area contributed by atoms with Crippen molar-refractivity contribution in [2.75, 3.05) is 18.9 Å². The maximum atomic E-state index is 12.8. The molecule has 8 heteroatoms. The van der Waals surface area contributed by atoms with Crippen LogP contribution >= 0.6 is 15.9 Å². The van der Waals surface area contributed by atoms with E-state index in [9.17, 15) is 8.42 Å². The van der Waals surface area contributed by atoms with Crippen LogP contribution in [0, 0.1) is 0 Å². The third-order valence-electron chi connectivity index (χ3n) is 3.87. The van der Waals surface area contributed by atoms with Gasteiger partial charge in [0.2, 0.25) is 10.0 Å². The molecule has 0 bridgehead atoms. The van der Waals surface area contributed by atoms with Crippen LogP contribution in [0.2, 0.25) is 0 Å². The van der Waals surface area contributed by atoms with Crippen molar-refractivity contribution in [2.45, 2.75) is 36.3 Å². The Morgan fingerprint density at radius 1 is 1.45 bits per heavy atom. The maximum absolute atomic E-state index is 12.8. The predicted molar refractivity (Wildman–Crippen MR) is 77.6 cm³/mol. The third kappa shape index (κ3) is 2.34. The second kappa shape index (κ2) is 5.25. The van der Waals surface area contributed by atoms with Crippen LogP contribution in [0.5, 0.6) is 0 Å². The van der Waals surface area contributed by atoms with Gasteiger partial charge in [0.25, 0.3) is 0 Å². The summed E-state index contributed by atoms with van der Waals surface area (Å²) in [6.45, 7) is 0.803. The van der Waals surface area contributed by atoms with Crippen LogP contribution in [0.15, 0.2) is 21.6 Å². The first-order valence-corrected chi connectivity index (χ1v) is 8.78. The topological polar surface area (TPSA) is 85.5 Å². The zero-order valence-corrected chi connectivity index (χ0v) is 13.2. The highest BCUT2D eigenvalue weighted by atomic mass is 79.9. The number of aromatic nitrogens is 1. The summed E-state index contributed by atoms with van der Waals surface area (Å²) in [4.78, 5) is 3.99. The van der Waals surface area contributed by atoms with Gasteiger partial charge in [-0.3, -0.25) is 0 Å². The summed E-state index contributed by atoms with van der Waals surface area (Å²) in [5.74, 6) is 0.0363. The van der Waals surface area contributed by atoms with E-state index in [2.05, 4.69) is 20.9 Å². The summed E-state index contributed by atoms with van der Waals surface area (Å²) in [6, 6.07) is 1.43. The minimum Gasteiger partial charge on any atom is -0.383 e. The molecule has 1 aliphatic heterocycles. The Morgan fingerprint density at radius 3 is 3.05 bits per heavy atom. The van der Waals surface area contributed by atoms with Gasteiger partial charge in [0.15, 0.2) is 0 Å². The van der Waals surface area contributed by atoms with Gasteiger partial charge in [0.1, 0.15) is 10.7 Å². The smallest absolute Gasteiger partial charge is 0.247 e. The van der Waals surface area contributed by atoms with Crippen molar-refractivity contribution < 1.29 is 13.2 Å². The number of sulfonamides is 1. The van der Waals surface area contributed by atoms with Crippen LogP contribution < -0.4 is 5.73 Å². The molecular formula is C12H16BrN3O3S. The number of hydrogen-bond donors (Lipinski definition) is 1. The number of nitrogens with two attached hydrogens (primary N) is 1. The molecule has 2 N–H and O–H groups in total. The van der Waals surface area contributed by atoms with Crippen molar-refractivity contribution in [3.63, 3.8) is 0 Å². The molecule has 1 saturated carbocycles. The van der Waals surface area contributed by atoms with E-state index >= 15 is 0 Å². The fraction of sp³-hybridized carbons (Fsp3) is 0.583. The monoisotopic (exact) mass is 361 g/mol. The van der Waals surface area contributed by atoms with Gasteiger partial charge >= 0.3 is 0 Å². The molecule has 1 aromatic rings. The number of halogens is 1. The molecule has 20 heavy (non-hydrogen) atoms. The van der Waals surface area contributed by atoms with Gasteiger partial charge in [-0.15, -0.1) is 0 Å². The summed E-state index contributed by atoms with van der Waals surface area (Å²) in [6.07, 6.45) is 4.26. The second-order valence-corrected chi connectivity index (χ2v) is 7.83. The number of anilines is 1. The van der Waals surface area contributed by atoms with Crippen molar-refractivity contribution in [1.82, 2.24) is 9.29 Å². The number of pyridine rings is 1. The Bertz CT molecular complexity index is 622. The first-order valence-electron chi connectivity index (χ1n) is 6.54. The summed E-state index contributed by atoms with van der Waals surface area (Å²) >= 11 is 3.24. The number of nitrogen functional groups attached to an aromatic ring is 1. The van der Waals surface area contributed by atoms with Crippen LogP contribution in [-0.2, 0) is 14.8 Å². The van der Waals surface area contributed by atoms with Gasteiger partial charge < -0.3 is 10.5 Å². The first-order chi connectivity index (χ1) is 9.50. The van der Waals surface area contributed by atoms with Gasteiger partial charge in [0.05, 0.1) is 18.8 Å². The Kier molecular flexibility index (Phi) is 3.74. The van der Waals surface area contributed by atoms with Crippen LogP contribution in [0.4, 0.5) is 5.82 Å². The van der Waals surface area contributed by atoms with Crippen molar-refractivity contribution >= 4 is 31.8 Å². The van der Waals surface area contributed by atoms with Crippen molar-refractivity contribution in [1.29, 1.82) is 0 Å². The SMILES string of the molecule is Nc1ncc(Br)cc1S(=O)(=O)N1CCOC2CCCC21. The molecule has 1 saturated heterocycles. The lowest BCUT2D eigenvalue weighted by atomic mass is 10.2. The first kappa shape index (κ1) is 14.2. The number of fused-ring (bicyclic) bond motifs is 1. The fourth-order valence-electron chi connectivity index (χ4n) is 2.95. The molecule has 6 nitrogen and oxygen atoms in total. The molecule has 2 aliphatic rings. The molecule has 2 fully saturated rings. The lowest BCUT2D eigenvalue weighted by molar-refractivity contribution is -0.0241. The molecular weight excluding hydrogens is 346 g/mol. The molecule has 1 aromatic heterocycles. The van der Waals surface area contributed by atoms with Gasteiger partial charge in [0, 0.05) is 17.2 Å². The van der Waals surface area contributed by atoms with Crippen molar-refractivity contribution in [3.8, 4) is 0 Å². The Labute approximate surface area is 126 Å². The molecule has 0 spiro atoms. The quantitative estimate of drug-likeness (QED) is 0.859. The van der Waals surface area contributed by atoms with Gasteiger partial charge in [-0.05, 0) is 41.3 Å². The van der Waals surface area contributed by atoms with E-state index in [4.69, 9.17) is 10.5 Å². The van der Waals surface area contributed by atoms with Crippen LogP contribution in [0.25, 0.3) is 0 Å². The molecule has 0 radical (unpaired) electrons. The van der Waals surface area contributed by atoms with E-state index in [1.807, 2.05) is 0 Å². The Hall–Kier alpha value is -0.700. The number of morpholine rings is 1. The van der Waals surface area contributed by atoms with E-state index in [0.29, 0.717) is 17.6 Å². The van der Waals surface area contributed by atoms with E-state index in [0.717, 1.165) is 19.3 Å². The molecule has 2 heterocycles. The zero-order chi connectivity index (χ0) is 14.3. The third-order valence-corrected chi connectivity index (χ3v) is 6.25. The van der Waals surface area contributed by atoms with Crippen LogP contribution in [0.1, 0.15) is 19.3 Å². The number of ether oxygens (including phenoxy) is 1. The number of hydrogen-bond acceptors (Lipinski definition) is 5. The minimum atomic E-state index is -3.63. The van der Waals surface area contributed by atoms with Crippen molar-refractivity contribution in [3.05, 3.63) is 16.7 Å². The zero-order valence-electron chi connectivity index (χ0n) is 10.8. The van der Waals surface area contributed by atoms with E-state index in [1.54, 1.807) is 0 Å². The van der Waals surface area contributed by atoms with Gasteiger partial charge in [-0.2, -0.15) is 4.31 Å². The average molecular weight is 362 g/mol. The molecule has 110 valence electrons. The summed E-state index contributed by atoms with van der Waals surface area (Å²) < 4.78 is 33.5.